The Morgan fingerprint density at radius 3 is 2.84 bits per heavy atom. The van der Waals surface area contributed by atoms with Crippen molar-refractivity contribution in [2.24, 2.45) is 0 Å². The van der Waals surface area contributed by atoms with Gasteiger partial charge in [0.2, 0.25) is 0 Å². The summed E-state index contributed by atoms with van der Waals surface area (Å²) in [5.41, 5.74) is 0.0320. The first-order chi connectivity index (χ1) is 8.99. The van der Waals surface area contributed by atoms with Crippen LogP contribution in [0.1, 0.15) is 12.0 Å². The highest BCUT2D eigenvalue weighted by Crippen LogP contribution is 2.22. The van der Waals surface area contributed by atoms with E-state index in [0.29, 0.717) is 0 Å². The quantitative estimate of drug-likeness (QED) is 0.459. The highest BCUT2D eigenvalue weighted by molar-refractivity contribution is 5.78. The summed E-state index contributed by atoms with van der Waals surface area (Å²) >= 11 is 0. The Kier molecular flexibility index (Phi) is 4.60. The molecule has 0 aliphatic rings. The molecule has 0 saturated carbocycles. The Bertz CT molecular complexity index is 563. The molecule has 1 aromatic carbocycles. The Morgan fingerprint density at radius 2 is 2.37 bits per heavy atom. The fourth-order valence-electron chi connectivity index (χ4n) is 1.44. The standard InChI is InChI=1S/C12H11N3O4/c1-2-3-11(12(16)17)14-10-5-4-9(15(18)19)6-8(10)7-13/h2,4-6,11,14H,1,3H2,(H,16,17). The van der Waals surface area contributed by atoms with E-state index in [0.717, 1.165) is 6.07 Å². The predicted molar refractivity (Wildman–Crippen MR) is 67.7 cm³/mol. The molecule has 98 valence electrons. The molecule has 0 radical (unpaired) electrons. The van der Waals surface area contributed by atoms with Crippen molar-refractivity contribution < 1.29 is 14.8 Å². The second-order valence-electron chi connectivity index (χ2n) is 3.66. The van der Waals surface area contributed by atoms with Gasteiger partial charge < -0.3 is 10.4 Å². The van der Waals surface area contributed by atoms with Crippen molar-refractivity contribution in [2.45, 2.75) is 12.5 Å². The number of carbonyl (C=O) groups is 1. The number of nitro benzene ring substituents is 1. The highest BCUT2D eigenvalue weighted by atomic mass is 16.6. The van der Waals surface area contributed by atoms with E-state index in [-0.39, 0.29) is 23.4 Å². The molecule has 1 aromatic rings. The van der Waals surface area contributed by atoms with Gasteiger partial charge in [0, 0.05) is 12.1 Å². The summed E-state index contributed by atoms with van der Waals surface area (Å²) in [6.07, 6.45) is 1.60. The number of hydrogen-bond donors (Lipinski definition) is 2. The lowest BCUT2D eigenvalue weighted by atomic mass is 10.1. The number of hydrogen-bond acceptors (Lipinski definition) is 5. The number of nitriles is 1. The fourth-order valence-corrected chi connectivity index (χ4v) is 1.44. The van der Waals surface area contributed by atoms with Crippen molar-refractivity contribution in [1.29, 1.82) is 5.26 Å². The van der Waals surface area contributed by atoms with Crippen LogP contribution in [0.15, 0.2) is 30.9 Å². The van der Waals surface area contributed by atoms with Crippen LogP contribution >= 0.6 is 0 Å². The number of nitrogens with one attached hydrogen (secondary N) is 1. The van der Waals surface area contributed by atoms with Gasteiger partial charge in [0.25, 0.3) is 5.69 Å². The first-order valence-corrected chi connectivity index (χ1v) is 5.28. The molecule has 7 nitrogen and oxygen atoms in total. The third-order valence-electron chi connectivity index (χ3n) is 2.36. The summed E-state index contributed by atoms with van der Waals surface area (Å²) in [4.78, 5) is 20.9. The largest absolute Gasteiger partial charge is 0.480 e. The normalized spacial score (nSPS) is 11.1. The number of carboxylic acid groups (broad SMARTS) is 1. The van der Waals surface area contributed by atoms with Gasteiger partial charge in [-0.2, -0.15) is 5.26 Å². The van der Waals surface area contributed by atoms with E-state index in [1.165, 1.54) is 18.2 Å². The van der Waals surface area contributed by atoms with Crippen molar-refractivity contribution in [1.82, 2.24) is 0 Å². The lowest BCUT2D eigenvalue weighted by molar-refractivity contribution is -0.384. The van der Waals surface area contributed by atoms with Crippen molar-refractivity contribution in [3.8, 4) is 6.07 Å². The molecule has 0 heterocycles. The number of rotatable bonds is 6. The third kappa shape index (κ3) is 3.54. The fraction of sp³-hybridized carbons (Fsp3) is 0.167. The number of nitro groups is 1. The van der Waals surface area contributed by atoms with Gasteiger partial charge in [-0.05, 0) is 12.5 Å². The van der Waals surface area contributed by atoms with Crippen molar-refractivity contribution in [3.05, 3.63) is 46.5 Å². The molecule has 1 unspecified atom stereocenters. The molecule has 1 atom stereocenters. The molecule has 1 rings (SSSR count). The molecule has 0 saturated heterocycles. The molecular weight excluding hydrogens is 250 g/mol. The van der Waals surface area contributed by atoms with E-state index in [9.17, 15) is 14.9 Å². The minimum Gasteiger partial charge on any atom is -0.480 e. The van der Waals surface area contributed by atoms with Crippen molar-refractivity contribution in [3.63, 3.8) is 0 Å². The van der Waals surface area contributed by atoms with Gasteiger partial charge in [-0.25, -0.2) is 4.79 Å². The van der Waals surface area contributed by atoms with Crippen LogP contribution in [0, 0.1) is 21.4 Å². The second kappa shape index (κ2) is 6.16. The monoisotopic (exact) mass is 261 g/mol. The average molecular weight is 261 g/mol. The summed E-state index contributed by atoms with van der Waals surface area (Å²) in [6.45, 7) is 3.45. The molecular formula is C12H11N3O4. The maximum atomic E-state index is 11.0. The third-order valence-corrected chi connectivity index (χ3v) is 2.36. The highest BCUT2D eigenvalue weighted by Gasteiger charge is 2.18. The number of non-ortho nitro benzene ring substituents is 1. The Balaban J connectivity index is 3.07. The van der Waals surface area contributed by atoms with Crippen LogP contribution in [0.3, 0.4) is 0 Å². The van der Waals surface area contributed by atoms with Gasteiger partial charge in [0.05, 0.1) is 16.2 Å². The van der Waals surface area contributed by atoms with Crippen molar-refractivity contribution in [2.75, 3.05) is 5.32 Å². The summed E-state index contributed by atoms with van der Waals surface area (Å²) < 4.78 is 0. The zero-order chi connectivity index (χ0) is 14.4. The molecule has 0 spiro atoms. The lowest BCUT2D eigenvalue weighted by Gasteiger charge is -2.14. The van der Waals surface area contributed by atoms with E-state index < -0.39 is 16.9 Å². The van der Waals surface area contributed by atoms with Crippen LogP contribution in [0.25, 0.3) is 0 Å². The van der Waals surface area contributed by atoms with Gasteiger partial charge in [-0.1, -0.05) is 6.08 Å². The van der Waals surface area contributed by atoms with Crippen LogP contribution in [-0.4, -0.2) is 22.0 Å². The molecule has 0 amide bonds. The number of anilines is 1. The Labute approximate surface area is 108 Å². The SMILES string of the molecule is C=CCC(Nc1ccc([N+](=O)[O-])cc1C#N)C(=O)O. The van der Waals surface area contributed by atoms with Crippen molar-refractivity contribution >= 4 is 17.3 Å². The second-order valence-corrected chi connectivity index (χ2v) is 3.66. The van der Waals surface area contributed by atoms with E-state index in [1.54, 1.807) is 6.07 Å². The lowest BCUT2D eigenvalue weighted by Crippen LogP contribution is -2.28. The molecule has 0 bridgehead atoms. The number of nitrogens with zero attached hydrogens (tertiary/aromatic N) is 2. The zero-order valence-electron chi connectivity index (χ0n) is 9.87. The van der Waals surface area contributed by atoms with Gasteiger partial charge in [-0.15, -0.1) is 6.58 Å². The number of aliphatic carboxylic acids is 1. The number of benzene rings is 1. The molecule has 0 fully saturated rings. The van der Waals surface area contributed by atoms with Crippen LogP contribution in [-0.2, 0) is 4.79 Å². The molecule has 0 aromatic heterocycles. The minimum atomic E-state index is -1.10. The summed E-state index contributed by atoms with van der Waals surface area (Å²) in [7, 11) is 0. The van der Waals surface area contributed by atoms with E-state index in [2.05, 4.69) is 11.9 Å². The van der Waals surface area contributed by atoms with Crippen LogP contribution in [0.2, 0.25) is 0 Å². The average Bonchev–Trinajstić information content (AvgIpc) is 2.38. The van der Waals surface area contributed by atoms with E-state index in [1.807, 2.05) is 0 Å². The van der Waals surface area contributed by atoms with Gasteiger partial charge in [0.15, 0.2) is 0 Å². The van der Waals surface area contributed by atoms with Gasteiger partial charge in [-0.3, -0.25) is 10.1 Å². The minimum absolute atomic E-state index is 0.0181. The van der Waals surface area contributed by atoms with Crippen LogP contribution in [0.5, 0.6) is 0 Å². The predicted octanol–water partition coefficient (Wildman–Crippen LogP) is 1.91. The van der Waals surface area contributed by atoms with Gasteiger partial charge in [0.1, 0.15) is 12.1 Å². The Morgan fingerprint density at radius 1 is 1.68 bits per heavy atom. The molecule has 0 aliphatic carbocycles. The molecule has 7 heteroatoms. The van der Waals surface area contributed by atoms with E-state index >= 15 is 0 Å². The van der Waals surface area contributed by atoms with Crippen LogP contribution < -0.4 is 5.32 Å². The zero-order valence-corrected chi connectivity index (χ0v) is 9.87. The summed E-state index contributed by atoms with van der Waals surface area (Å²) in [6, 6.07) is 4.46. The maximum absolute atomic E-state index is 11.0. The van der Waals surface area contributed by atoms with Crippen LogP contribution in [0.4, 0.5) is 11.4 Å². The van der Waals surface area contributed by atoms with Gasteiger partial charge >= 0.3 is 5.97 Å². The summed E-state index contributed by atoms with van der Waals surface area (Å²) in [5.74, 6) is -1.10. The van der Waals surface area contributed by atoms with E-state index in [4.69, 9.17) is 10.4 Å². The molecule has 19 heavy (non-hydrogen) atoms. The first kappa shape index (κ1) is 14.2. The first-order valence-electron chi connectivity index (χ1n) is 5.28. The summed E-state index contributed by atoms with van der Waals surface area (Å²) in [5, 5.41) is 31.1. The Hall–Kier alpha value is -2.88. The molecule has 2 N–H and O–H groups in total. The smallest absolute Gasteiger partial charge is 0.326 e. The molecule has 0 aliphatic heterocycles. The topological polar surface area (TPSA) is 116 Å². The number of carboxylic acids is 1. The maximum Gasteiger partial charge on any atom is 0.326 e.